The van der Waals surface area contributed by atoms with E-state index in [1.807, 2.05) is 24.3 Å². The lowest BCUT2D eigenvalue weighted by Crippen LogP contribution is -2.29. The Bertz CT molecular complexity index is 371. The molecular weight excluding hydrogens is 206 g/mol. The third-order valence-electron chi connectivity index (χ3n) is 2.88. The molecule has 0 atom stereocenters. The summed E-state index contributed by atoms with van der Waals surface area (Å²) in [5, 5.41) is 8.77. The molecule has 1 heterocycles. The number of imidazole rings is 1. The van der Waals surface area contributed by atoms with Crippen molar-refractivity contribution in [3.8, 4) is 0 Å². The summed E-state index contributed by atoms with van der Waals surface area (Å²) in [4.78, 5) is 16.7. The second-order valence-corrected chi connectivity index (χ2v) is 4.22. The van der Waals surface area contributed by atoms with Gasteiger partial charge in [-0.05, 0) is 19.4 Å². The topological polar surface area (TPSA) is 58.4 Å². The molecule has 0 spiro atoms. The Morgan fingerprint density at radius 1 is 1.69 bits per heavy atom. The van der Waals surface area contributed by atoms with Crippen molar-refractivity contribution in [2.75, 3.05) is 13.1 Å². The number of likely N-dealkylation sites (N-methyl/N-ethyl adjacent to an activating group) is 1. The summed E-state index contributed by atoms with van der Waals surface area (Å²) in [5.41, 5.74) is 1.12. The number of hydrogen-bond donors (Lipinski definition) is 1. The molecule has 1 aromatic heterocycles. The fourth-order valence-electron chi connectivity index (χ4n) is 1.84. The molecule has 2 rings (SSSR count). The van der Waals surface area contributed by atoms with E-state index < -0.39 is 5.97 Å². The molecule has 1 aliphatic rings. The summed E-state index contributed by atoms with van der Waals surface area (Å²) in [6.07, 6.45) is 6.12. The first-order valence-corrected chi connectivity index (χ1v) is 5.65. The molecule has 1 fully saturated rings. The minimum Gasteiger partial charge on any atom is -0.480 e. The van der Waals surface area contributed by atoms with Crippen molar-refractivity contribution in [2.45, 2.75) is 32.4 Å². The van der Waals surface area contributed by atoms with Gasteiger partial charge in [-0.2, -0.15) is 0 Å². The fraction of sp³-hybridized carbons (Fsp3) is 0.636. The average molecular weight is 223 g/mol. The molecule has 0 aromatic carbocycles. The van der Waals surface area contributed by atoms with Crippen LogP contribution in [0.1, 0.15) is 31.5 Å². The lowest BCUT2D eigenvalue weighted by Gasteiger charge is -2.18. The van der Waals surface area contributed by atoms with Crippen molar-refractivity contribution in [3.05, 3.63) is 18.2 Å². The Kier molecular flexibility index (Phi) is 3.24. The molecule has 0 bridgehead atoms. The maximum atomic E-state index is 10.7. The minimum absolute atomic E-state index is 0.0896. The van der Waals surface area contributed by atoms with Crippen molar-refractivity contribution >= 4 is 5.97 Å². The van der Waals surface area contributed by atoms with Crippen molar-refractivity contribution in [1.82, 2.24) is 14.5 Å². The van der Waals surface area contributed by atoms with Crippen molar-refractivity contribution in [2.24, 2.45) is 0 Å². The third kappa shape index (κ3) is 2.61. The molecule has 0 saturated heterocycles. The van der Waals surface area contributed by atoms with Crippen LogP contribution in [0.4, 0.5) is 0 Å². The van der Waals surface area contributed by atoms with Gasteiger partial charge < -0.3 is 9.67 Å². The van der Waals surface area contributed by atoms with Crippen LogP contribution in [-0.2, 0) is 11.3 Å². The van der Waals surface area contributed by atoms with Crippen LogP contribution in [0.2, 0.25) is 0 Å². The zero-order valence-electron chi connectivity index (χ0n) is 9.46. The highest BCUT2D eigenvalue weighted by molar-refractivity contribution is 5.69. The normalized spacial score (nSPS) is 15.6. The Balaban J connectivity index is 2.00. The van der Waals surface area contributed by atoms with Crippen LogP contribution in [0.3, 0.4) is 0 Å². The van der Waals surface area contributed by atoms with E-state index in [1.165, 1.54) is 12.8 Å². The van der Waals surface area contributed by atoms with E-state index in [-0.39, 0.29) is 6.54 Å². The van der Waals surface area contributed by atoms with Gasteiger partial charge in [-0.25, -0.2) is 4.98 Å². The molecule has 0 amide bonds. The van der Waals surface area contributed by atoms with Gasteiger partial charge in [0.1, 0.15) is 0 Å². The molecule has 1 aliphatic carbocycles. The quantitative estimate of drug-likeness (QED) is 0.785. The van der Waals surface area contributed by atoms with Gasteiger partial charge in [-0.1, -0.05) is 6.92 Å². The van der Waals surface area contributed by atoms with Gasteiger partial charge in [-0.15, -0.1) is 0 Å². The van der Waals surface area contributed by atoms with Gasteiger partial charge in [0.25, 0.3) is 0 Å². The number of carbonyl (C=O) groups is 1. The summed E-state index contributed by atoms with van der Waals surface area (Å²) in [6.45, 7) is 3.47. The second kappa shape index (κ2) is 4.65. The van der Waals surface area contributed by atoms with Gasteiger partial charge in [-0.3, -0.25) is 9.69 Å². The number of hydrogen-bond acceptors (Lipinski definition) is 3. The Morgan fingerprint density at radius 3 is 3.00 bits per heavy atom. The van der Waals surface area contributed by atoms with Crippen LogP contribution in [-0.4, -0.2) is 38.6 Å². The predicted molar refractivity (Wildman–Crippen MR) is 59.1 cm³/mol. The first kappa shape index (κ1) is 11.1. The van der Waals surface area contributed by atoms with Gasteiger partial charge in [0.05, 0.1) is 18.6 Å². The molecule has 0 aliphatic heterocycles. The predicted octanol–water partition coefficient (Wildman–Crippen LogP) is 1.12. The van der Waals surface area contributed by atoms with Gasteiger partial charge in [0.15, 0.2) is 0 Å². The standard InChI is InChI=1S/C11H17N3O2/c1-2-13(7-11(15)16)6-10-5-12-8-14(10)9-3-4-9/h5,8-9H,2-4,6-7H2,1H3,(H,15,16). The van der Waals surface area contributed by atoms with E-state index in [0.29, 0.717) is 12.6 Å². The van der Waals surface area contributed by atoms with E-state index in [2.05, 4.69) is 9.55 Å². The monoisotopic (exact) mass is 223 g/mol. The summed E-state index contributed by atoms with van der Waals surface area (Å²) in [5.74, 6) is -0.778. The largest absolute Gasteiger partial charge is 0.480 e. The molecule has 88 valence electrons. The summed E-state index contributed by atoms with van der Waals surface area (Å²) in [7, 11) is 0. The van der Waals surface area contributed by atoms with E-state index in [0.717, 1.165) is 12.2 Å². The van der Waals surface area contributed by atoms with Gasteiger partial charge in [0.2, 0.25) is 0 Å². The lowest BCUT2D eigenvalue weighted by atomic mass is 10.3. The molecule has 0 unspecified atom stereocenters. The first-order valence-electron chi connectivity index (χ1n) is 5.65. The zero-order chi connectivity index (χ0) is 11.5. The van der Waals surface area contributed by atoms with E-state index in [9.17, 15) is 4.79 Å². The third-order valence-corrected chi connectivity index (χ3v) is 2.88. The second-order valence-electron chi connectivity index (χ2n) is 4.22. The van der Waals surface area contributed by atoms with Crippen molar-refractivity contribution in [3.63, 3.8) is 0 Å². The van der Waals surface area contributed by atoms with Crippen LogP contribution in [0.25, 0.3) is 0 Å². The maximum Gasteiger partial charge on any atom is 0.317 e. The highest BCUT2D eigenvalue weighted by Gasteiger charge is 2.25. The highest BCUT2D eigenvalue weighted by Crippen LogP contribution is 2.35. The van der Waals surface area contributed by atoms with Crippen LogP contribution >= 0.6 is 0 Å². The summed E-state index contributed by atoms with van der Waals surface area (Å²) < 4.78 is 2.17. The Hall–Kier alpha value is -1.36. The zero-order valence-corrected chi connectivity index (χ0v) is 9.46. The highest BCUT2D eigenvalue weighted by atomic mass is 16.4. The Morgan fingerprint density at radius 2 is 2.44 bits per heavy atom. The summed E-state index contributed by atoms with van der Waals surface area (Å²) >= 11 is 0. The molecule has 16 heavy (non-hydrogen) atoms. The van der Waals surface area contributed by atoms with Crippen molar-refractivity contribution < 1.29 is 9.90 Å². The first-order chi connectivity index (χ1) is 7.70. The fourth-order valence-corrected chi connectivity index (χ4v) is 1.84. The van der Waals surface area contributed by atoms with Crippen LogP contribution < -0.4 is 0 Å². The molecule has 1 aromatic rings. The number of aliphatic carboxylic acids is 1. The lowest BCUT2D eigenvalue weighted by molar-refractivity contribution is -0.138. The number of carboxylic acid groups (broad SMARTS) is 1. The smallest absolute Gasteiger partial charge is 0.317 e. The van der Waals surface area contributed by atoms with Crippen LogP contribution in [0, 0.1) is 0 Å². The van der Waals surface area contributed by atoms with E-state index in [1.54, 1.807) is 0 Å². The molecule has 1 saturated carbocycles. The minimum atomic E-state index is -0.778. The Labute approximate surface area is 94.7 Å². The van der Waals surface area contributed by atoms with Crippen LogP contribution in [0.15, 0.2) is 12.5 Å². The SMILES string of the molecule is CCN(CC(=O)O)Cc1cncn1C1CC1. The number of aromatic nitrogens is 2. The van der Waals surface area contributed by atoms with Gasteiger partial charge >= 0.3 is 5.97 Å². The molecule has 5 nitrogen and oxygen atoms in total. The van der Waals surface area contributed by atoms with Crippen LogP contribution in [0.5, 0.6) is 0 Å². The number of rotatable bonds is 6. The molecule has 0 radical (unpaired) electrons. The van der Waals surface area contributed by atoms with Gasteiger partial charge in [0, 0.05) is 18.8 Å². The van der Waals surface area contributed by atoms with E-state index in [4.69, 9.17) is 5.11 Å². The molecular formula is C11H17N3O2. The average Bonchev–Trinajstić information content (AvgIpc) is 2.98. The molecule has 5 heteroatoms. The maximum absolute atomic E-state index is 10.7. The van der Waals surface area contributed by atoms with Crippen molar-refractivity contribution in [1.29, 1.82) is 0 Å². The molecule has 1 N–H and O–H groups in total. The number of nitrogens with zero attached hydrogens (tertiary/aromatic N) is 3. The number of carboxylic acids is 1. The summed E-state index contributed by atoms with van der Waals surface area (Å²) in [6, 6.07) is 0.598. The van der Waals surface area contributed by atoms with E-state index >= 15 is 0 Å².